The lowest BCUT2D eigenvalue weighted by molar-refractivity contribution is 0.467. The van der Waals surface area contributed by atoms with Crippen molar-refractivity contribution in [3.05, 3.63) is 71.3 Å². The van der Waals surface area contributed by atoms with E-state index in [1.807, 2.05) is 32.0 Å². The second kappa shape index (κ2) is 8.06. The van der Waals surface area contributed by atoms with Gasteiger partial charge in [-0.15, -0.1) is 0 Å². The predicted molar refractivity (Wildman–Crippen MR) is 106 cm³/mol. The van der Waals surface area contributed by atoms with E-state index in [-0.39, 0.29) is 0 Å². The van der Waals surface area contributed by atoms with Gasteiger partial charge in [0.15, 0.2) is 0 Å². The Balaban J connectivity index is 2.62. The Morgan fingerprint density at radius 3 is 2.12 bits per heavy atom. The Labute approximate surface area is 151 Å². The van der Waals surface area contributed by atoms with E-state index in [0.717, 1.165) is 51.8 Å². The molecule has 25 heavy (non-hydrogen) atoms. The first-order chi connectivity index (χ1) is 11.8. The highest BCUT2D eigenvalue weighted by Crippen LogP contribution is 2.36. The molecule has 2 N–H and O–H groups in total. The van der Waals surface area contributed by atoms with Crippen molar-refractivity contribution in [3.63, 3.8) is 0 Å². The quantitative estimate of drug-likeness (QED) is 0.613. The number of hydrogen-bond donors (Lipinski definition) is 2. The van der Waals surface area contributed by atoms with Crippen molar-refractivity contribution in [3.8, 4) is 22.6 Å². The minimum absolute atomic E-state index is 0.296. The summed E-state index contributed by atoms with van der Waals surface area (Å²) in [4.78, 5) is 0. The van der Waals surface area contributed by atoms with Crippen LogP contribution in [-0.2, 0) is 19.3 Å². The summed E-state index contributed by atoms with van der Waals surface area (Å²) in [5, 5.41) is 20.5. The minimum atomic E-state index is 0.296. The van der Waals surface area contributed by atoms with E-state index in [1.54, 1.807) is 12.1 Å². The molecule has 0 aliphatic rings. The van der Waals surface area contributed by atoms with Gasteiger partial charge >= 0.3 is 0 Å². The fraction of sp³-hybridized carbons (Fsp3) is 0.304. The van der Waals surface area contributed by atoms with Gasteiger partial charge in [-0.2, -0.15) is 0 Å². The van der Waals surface area contributed by atoms with Gasteiger partial charge in [0.1, 0.15) is 11.5 Å². The molecule has 0 saturated heterocycles. The zero-order chi connectivity index (χ0) is 18.6. The Kier molecular flexibility index (Phi) is 6.08. The van der Waals surface area contributed by atoms with Crippen molar-refractivity contribution in [1.82, 2.24) is 0 Å². The highest BCUT2D eigenvalue weighted by Gasteiger charge is 2.15. The van der Waals surface area contributed by atoms with Crippen LogP contribution in [-0.4, -0.2) is 10.2 Å². The second-order valence-corrected chi connectivity index (χ2v) is 6.95. The van der Waals surface area contributed by atoms with E-state index < -0.39 is 0 Å². The Bertz CT molecular complexity index is 800. The molecule has 2 rings (SSSR count). The van der Waals surface area contributed by atoms with E-state index in [1.165, 1.54) is 0 Å². The lowest BCUT2D eigenvalue weighted by Gasteiger charge is -2.17. The smallest absolute Gasteiger partial charge is 0.119 e. The summed E-state index contributed by atoms with van der Waals surface area (Å²) in [6, 6.07) is 9.44. The Hall–Kier alpha value is -2.48. The summed E-state index contributed by atoms with van der Waals surface area (Å²) in [6.45, 7) is 14.0. The molecule has 0 atom stereocenters. The number of allylic oxidation sites excluding steroid dienone is 2. The van der Waals surface area contributed by atoms with Crippen LogP contribution in [0, 0.1) is 0 Å². The van der Waals surface area contributed by atoms with Crippen LogP contribution in [0.3, 0.4) is 0 Å². The van der Waals surface area contributed by atoms with E-state index in [2.05, 4.69) is 20.1 Å². The monoisotopic (exact) mass is 336 g/mol. The number of rotatable bonds is 7. The topological polar surface area (TPSA) is 40.5 Å². The zero-order valence-corrected chi connectivity index (χ0v) is 15.5. The van der Waals surface area contributed by atoms with Crippen LogP contribution < -0.4 is 0 Å². The maximum Gasteiger partial charge on any atom is 0.119 e. The molecule has 0 fully saturated rings. The molecule has 0 radical (unpaired) electrons. The third-order valence-electron chi connectivity index (χ3n) is 4.27. The molecule has 0 unspecified atom stereocenters. The first-order valence-electron chi connectivity index (χ1n) is 8.78. The van der Waals surface area contributed by atoms with Crippen LogP contribution in [0.15, 0.2) is 54.6 Å². The zero-order valence-electron chi connectivity index (χ0n) is 15.5. The number of benzene rings is 2. The molecule has 0 aliphatic heterocycles. The molecule has 0 heterocycles. The molecule has 0 bridgehead atoms. The van der Waals surface area contributed by atoms with Crippen molar-refractivity contribution in [2.45, 2.75) is 46.5 Å². The van der Waals surface area contributed by atoms with Gasteiger partial charge in [0, 0.05) is 5.56 Å². The van der Waals surface area contributed by atoms with Crippen LogP contribution in [0.4, 0.5) is 0 Å². The van der Waals surface area contributed by atoms with Crippen LogP contribution in [0.5, 0.6) is 11.5 Å². The van der Waals surface area contributed by atoms with Gasteiger partial charge in [0.05, 0.1) is 0 Å². The van der Waals surface area contributed by atoms with Crippen LogP contribution in [0.1, 0.15) is 43.9 Å². The number of hydrogen-bond acceptors (Lipinski definition) is 2. The van der Waals surface area contributed by atoms with Crippen LogP contribution >= 0.6 is 0 Å². The summed E-state index contributed by atoms with van der Waals surface area (Å²) >= 11 is 0. The number of aromatic hydroxyl groups is 2. The molecule has 2 heteroatoms. The highest BCUT2D eigenvalue weighted by atomic mass is 16.3. The normalized spacial score (nSPS) is 10.7. The molecule has 0 aliphatic carbocycles. The van der Waals surface area contributed by atoms with Gasteiger partial charge in [0.25, 0.3) is 0 Å². The molecule has 0 aromatic heterocycles. The molecular weight excluding hydrogens is 308 g/mol. The number of phenols is 2. The average Bonchev–Trinajstić information content (AvgIpc) is 2.53. The third kappa shape index (κ3) is 4.54. The fourth-order valence-corrected chi connectivity index (χ4v) is 3.21. The van der Waals surface area contributed by atoms with E-state index in [4.69, 9.17) is 0 Å². The fourth-order valence-electron chi connectivity index (χ4n) is 3.21. The first kappa shape index (κ1) is 18.9. The minimum Gasteiger partial charge on any atom is -0.508 e. The van der Waals surface area contributed by atoms with E-state index >= 15 is 0 Å². The lowest BCUT2D eigenvalue weighted by Crippen LogP contribution is -2.00. The molecule has 0 spiro atoms. The molecule has 2 aromatic rings. The van der Waals surface area contributed by atoms with Gasteiger partial charge in [-0.05, 0) is 73.6 Å². The summed E-state index contributed by atoms with van der Waals surface area (Å²) in [5.41, 5.74) is 7.20. The van der Waals surface area contributed by atoms with Crippen molar-refractivity contribution < 1.29 is 10.2 Å². The van der Waals surface area contributed by atoms with Gasteiger partial charge < -0.3 is 10.2 Å². The van der Waals surface area contributed by atoms with Gasteiger partial charge in [0.2, 0.25) is 0 Å². The summed E-state index contributed by atoms with van der Waals surface area (Å²) in [7, 11) is 0. The first-order valence-corrected chi connectivity index (χ1v) is 8.78. The Morgan fingerprint density at radius 2 is 1.52 bits per heavy atom. The molecule has 2 aromatic carbocycles. The summed E-state index contributed by atoms with van der Waals surface area (Å²) < 4.78 is 0. The maximum atomic E-state index is 10.4. The average molecular weight is 336 g/mol. The van der Waals surface area contributed by atoms with Gasteiger partial charge in [-0.1, -0.05) is 49.8 Å². The number of phenolic OH excluding ortho intramolecular Hbond substituents is 2. The molecule has 132 valence electrons. The van der Waals surface area contributed by atoms with Crippen LogP contribution in [0.2, 0.25) is 0 Å². The largest absolute Gasteiger partial charge is 0.508 e. The molecule has 2 nitrogen and oxygen atoms in total. The van der Waals surface area contributed by atoms with E-state index in [9.17, 15) is 10.2 Å². The van der Waals surface area contributed by atoms with Crippen molar-refractivity contribution >= 4 is 0 Å². The van der Waals surface area contributed by atoms with Crippen LogP contribution in [0.25, 0.3) is 11.1 Å². The van der Waals surface area contributed by atoms with Gasteiger partial charge in [-0.3, -0.25) is 0 Å². The predicted octanol–water partition coefficient (Wildman–Crippen LogP) is 5.95. The second-order valence-electron chi connectivity index (χ2n) is 6.95. The molecule has 0 amide bonds. The van der Waals surface area contributed by atoms with Crippen molar-refractivity contribution in [2.75, 3.05) is 0 Å². The molecular formula is C23H28O2. The standard InChI is InChI=1S/C23H28O2/c1-6-7-20-19(9-11-23(25)21(20)13-16(4)5)17-8-10-22(24)18(14-17)12-15(2)3/h8-11,14,24-25H,2,4,6-7,12-13H2,1,3,5H3. The summed E-state index contributed by atoms with van der Waals surface area (Å²) in [5.74, 6) is 0.626. The maximum absolute atomic E-state index is 10.4. The lowest BCUT2D eigenvalue weighted by atomic mass is 9.88. The SMILES string of the molecule is C=C(C)Cc1cc(-c2ccc(O)c(CC(=C)C)c2CCC)ccc1O. The van der Waals surface area contributed by atoms with Crippen molar-refractivity contribution in [2.24, 2.45) is 0 Å². The third-order valence-corrected chi connectivity index (χ3v) is 4.27. The highest BCUT2D eigenvalue weighted by molar-refractivity contribution is 5.72. The Morgan fingerprint density at radius 1 is 0.880 bits per heavy atom. The van der Waals surface area contributed by atoms with Gasteiger partial charge in [-0.25, -0.2) is 0 Å². The van der Waals surface area contributed by atoms with E-state index in [0.29, 0.717) is 24.3 Å². The van der Waals surface area contributed by atoms with Crippen molar-refractivity contribution in [1.29, 1.82) is 0 Å². The molecule has 0 saturated carbocycles. The summed E-state index contributed by atoms with van der Waals surface area (Å²) in [6.07, 6.45) is 3.21.